The molecule has 0 radical (unpaired) electrons. The zero-order valence-corrected chi connectivity index (χ0v) is 16.5. The Bertz CT molecular complexity index is 1210. The molecule has 9 heteroatoms. The fourth-order valence-electron chi connectivity index (χ4n) is 2.90. The highest BCUT2D eigenvalue weighted by molar-refractivity contribution is 7.13. The number of thiophene rings is 1. The topological polar surface area (TPSA) is 51.0 Å². The lowest BCUT2D eigenvalue weighted by Crippen LogP contribution is -2.27. The van der Waals surface area contributed by atoms with E-state index in [2.05, 4.69) is 10.1 Å². The zero-order chi connectivity index (χ0) is 21.3. The number of hydrogen-bond donors (Lipinski definition) is 0. The van der Waals surface area contributed by atoms with Gasteiger partial charge in [-0.15, -0.1) is 16.4 Å². The third-order valence-electron chi connectivity index (χ3n) is 4.36. The van der Waals surface area contributed by atoms with Gasteiger partial charge in [-0.1, -0.05) is 18.2 Å². The van der Waals surface area contributed by atoms with Crippen molar-refractivity contribution < 1.29 is 18.0 Å². The summed E-state index contributed by atoms with van der Waals surface area (Å²) in [5.74, 6) is -2.16. The molecule has 5 nitrogen and oxygen atoms in total. The van der Waals surface area contributed by atoms with Crippen molar-refractivity contribution in [3.63, 3.8) is 0 Å². The van der Waals surface area contributed by atoms with Crippen LogP contribution < -0.4 is 0 Å². The molecule has 2 heterocycles. The van der Waals surface area contributed by atoms with Crippen LogP contribution in [0.5, 0.6) is 0 Å². The molecule has 0 spiro atoms. The highest BCUT2D eigenvalue weighted by Gasteiger charge is 2.23. The molecule has 0 saturated carbocycles. The normalized spacial score (nSPS) is 10.9. The molecule has 0 aliphatic heterocycles. The van der Waals surface area contributed by atoms with Crippen LogP contribution >= 0.6 is 11.3 Å². The Balaban J connectivity index is 1.68. The van der Waals surface area contributed by atoms with Crippen LogP contribution in [-0.4, -0.2) is 32.6 Å². The van der Waals surface area contributed by atoms with Gasteiger partial charge < -0.3 is 4.90 Å². The van der Waals surface area contributed by atoms with Gasteiger partial charge in [0.15, 0.2) is 5.82 Å². The minimum Gasteiger partial charge on any atom is -0.334 e. The summed E-state index contributed by atoms with van der Waals surface area (Å²) in [5.41, 5.74) is 0.576. The van der Waals surface area contributed by atoms with Gasteiger partial charge in [0, 0.05) is 25.2 Å². The van der Waals surface area contributed by atoms with Crippen molar-refractivity contribution in [2.45, 2.75) is 6.54 Å². The first-order valence-corrected chi connectivity index (χ1v) is 9.76. The van der Waals surface area contributed by atoms with Gasteiger partial charge in [0.25, 0.3) is 5.91 Å². The lowest BCUT2D eigenvalue weighted by molar-refractivity contribution is 0.0772. The standard InChI is InChI=1S/C21H15F3N4OS/c1-27(12-13-7-8-15(23)11-17(13)24)21(29)19-25-20(18-6-3-9-30-18)28(26-19)16-5-2-4-14(22)10-16/h2-11H,12H2,1H3. The summed E-state index contributed by atoms with van der Waals surface area (Å²) >= 11 is 1.40. The largest absolute Gasteiger partial charge is 0.334 e. The van der Waals surface area contributed by atoms with Gasteiger partial charge in [0.05, 0.1) is 10.6 Å². The van der Waals surface area contributed by atoms with Crippen LogP contribution in [0.2, 0.25) is 0 Å². The second-order valence-electron chi connectivity index (χ2n) is 6.52. The number of nitrogens with zero attached hydrogens (tertiary/aromatic N) is 4. The molecule has 2 aromatic heterocycles. The van der Waals surface area contributed by atoms with E-state index in [1.807, 2.05) is 17.5 Å². The summed E-state index contributed by atoms with van der Waals surface area (Å²) in [6.45, 7) is -0.0895. The van der Waals surface area contributed by atoms with E-state index in [0.29, 0.717) is 11.5 Å². The first-order valence-electron chi connectivity index (χ1n) is 8.88. The first kappa shape index (κ1) is 19.8. The average Bonchev–Trinajstić information content (AvgIpc) is 3.39. The lowest BCUT2D eigenvalue weighted by Gasteiger charge is -2.15. The fraction of sp³-hybridized carbons (Fsp3) is 0.0952. The molecule has 0 aliphatic rings. The smallest absolute Gasteiger partial charge is 0.293 e. The molecule has 0 bridgehead atoms. The van der Waals surface area contributed by atoms with Crippen molar-refractivity contribution in [2.24, 2.45) is 0 Å². The minimum absolute atomic E-state index is 0.0895. The van der Waals surface area contributed by atoms with E-state index >= 15 is 0 Å². The Labute approximate surface area is 174 Å². The first-order chi connectivity index (χ1) is 14.4. The van der Waals surface area contributed by atoms with Crippen LogP contribution in [-0.2, 0) is 6.54 Å². The average molecular weight is 428 g/mol. The van der Waals surface area contributed by atoms with Crippen molar-refractivity contribution >= 4 is 17.2 Å². The van der Waals surface area contributed by atoms with Gasteiger partial charge in [0.1, 0.15) is 17.5 Å². The van der Waals surface area contributed by atoms with Crippen LogP contribution in [0.3, 0.4) is 0 Å². The Morgan fingerprint density at radius 2 is 1.87 bits per heavy atom. The Hall–Kier alpha value is -3.46. The summed E-state index contributed by atoms with van der Waals surface area (Å²) in [4.78, 5) is 19.2. The quantitative estimate of drug-likeness (QED) is 0.464. The molecule has 0 N–H and O–H groups in total. The van der Waals surface area contributed by atoms with Gasteiger partial charge in [-0.05, 0) is 35.7 Å². The van der Waals surface area contributed by atoms with Crippen LogP contribution in [0.25, 0.3) is 16.4 Å². The van der Waals surface area contributed by atoms with Gasteiger partial charge in [0.2, 0.25) is 5.82 Å². The van der Waals surface area contributed by atoms with Crippen LogP contribution in [0.4, 0.5) is 13.2 Å². The van der Waals surface area contributed by atoms with E-state index in [4.69, 9.17) is 0 Å². The summed E-state index contributed by atoms with van der Waals surface area (Å²) in [6.07, 6.45) is 0. The van der Waals surface area contributed by atoms with E-state index < -0.39 is 23.4 Å². The van der Waals surface area contributed by atoms with Crippen LogP contribution in [0.15, 0.2) is 60.0 Å². The zero-order valence-electron chi connectivity index (χ0n) is 15.7. The maximum Gasteiger partial charge on any atom is 0.293 e. The van der Waals surface area contributed by atoms with Crippen molar-refractivity contribution in [3.8, 4) is 16.4 Å². The molecule has 2 aromatic carbocycles. The van der Waals surface area contributed by atoms with Crippen LogP contribution in [0, 0.1) is 17.5 Å². The number of hydrogen-bond acceptors (Lipinski definition) is 4. The molecule has 0 atom stereocenters. The number of carbonyl (C=O) groups excluding carboxylic acids is 1. The number of halogens is 3. The van der Waals surface area contributed by atoms with Crippen molar-refractivity contribution in [2.75, 3.05) is 7.05 Å². The molecular weight excluding hydrogens is 413 g/mol. The Morgan fingerprint density at radius 1 is 1.07 bits per heavy atom. The number of amides is 1. The second-order valence-corrected chi connectivity index (χ2v) is 7.47. The molecule has 0 aliphatic carbocycles. The minimum atomic E-state index is -0.743. The molecule has 1 amide bonds. The summed E-state index contributed by atoms with van der Waals surface area (Å²) in [7, 11) is 1.47. The third-order valence-corrected chi connectivity index (χ3v) is 5.23. The SMILES string of the molecule is CN(Cc1ccc(F)cc1F)C(=O)c1nc(-c2cccs2)n(-c2cccc(F)c2)n1. The van der Waals surface area contributed by atoms with Gasteiger partial charge >= 0.3 is 0 Å². The lowest BCUT2D eigenvalue weighted by atomic mass is 10.2. The predicted octanol–water partition coefficient (Wildman–Crippen LogP) is 4.69. The molecule has 0 saturated heterocycles. The Morgan fingerprint density at radius 3 is 2.57 bits per heavy atom. The summed E-state index contributed by atoms with van der Waals surface area (Å²) < 4.78 is 42.2. The van der Waals surface area contributed by atoms with E-state index in [-0.39, 0.29) is 17.9 Å². The molecule has 4 rings (SSSR count). The second kappa shape index (κ2) is 8.11. The number of carbonyl (C=O) groups is 1. The monoisotopic (exact) mass is 428 g/mol. The van der Waals surface area contributed by atoms with E-state index in [1.54, 1.807) is 6.07 Å². The van der Waals surface area contributed by atoms with Crippen LogP contribution in [0.1, 0.15) is 16.2 Å². The molecule has 30 heavy (non-hydrogen) atoms. The highest BCUT2D eigenvalue weighted by Crippen LogP contribution is 2.26. The number of benzene rings is 2. The molecule has 152 valence electrons. The number of aromatic nitrogens is 3. The fourth-order valence-corrected chi connectivity index (χ4v) is 3.60. The highest BCUT2D eigenvalue weighted by atomic mass is 32.1. The predicted molar refractivity (Wildman–Crippen MR) is 107 cm³/mol. The molecular formula is C21H15F3N4OS. The van der Waals surface area contributed by atoms with Gasteiger partial charge in [-0.3, -0.25) is 4.79 Å². The molecule has 0 fully saturated rings. The molecule has 0 unspecified atom stereocenters. The maximum atomic E-state index is 13.9. The summed E-state index contributed by atoms with van der Waals surface area (Å²) in [6, 6.07) is 12.6. The van der Waals surface area contributed by atoms with E-state index in [0.717, 1.165) is 17.0 Å². The van der Waals surface area contributed by atoms with Crippen molar-refractivity contribution in [3.05, 3.63) is 88.8 Å². The van der Waals surface area contributed by atoms with Crippen molar-refractivity contribution in [1.29, 1.82) is 0 Å². The van der Waals surface area contributed by atoms with Gasteiger partial charge in [-0.2, -0.15) is 0 Å². The maximum absolute atomic E-state index is 13.9. The van der Waals surface area contributed by atoms with E-state index in [1.165, 1.54) is 52.2 Å². The van der Waals surface area contributed by atoms with E-state index in [9.17, 15) is 18.0 Å². The summed E-state index contributed by atoms with van der Waals surface area (Å²) in [5, 5.41) is 6.13. The van der Waals surface area contributed by atoms with Crippen molar-refractivity contribution in [1.82, 2.24) is 19.7 Å². The Kier molecular flexibility index (Phi) is 5.37. The number of rotatable bonds is 5. The third kappa shape index (κ3) is 3.97. The van der Waals surface area contributed by atoms with Gasteiger partial charge in [-0.25, -0.2) is 22.8 Å². The molecule has 4 aromatic rings.